The van der Waals surface area contributed by atoms with Gasteiger partial charge in [0.05, 0.1) is 19.3 Å². The third-order valence-electron chi connectivity index (χ3n) is 4.00. The Morgan fingerprint density at radius 2 is 1.86 bits per heavy atom. The number of para-hydroxylation sites is 1. The van der Waals surface area contributed by atoms with Crippen molar-refractivity contribution in [3.8, 4) is 17.6 Å². The van der Waals surface area contributed by atoms with Crippen LogP contribution in [0.1, 0.15) is 22.7 Å². The number of methoxy groups -OCH3 is 1. The maximum atomic E-state index is 13.0. The van der Waals surface area contributed by atoms with Gasteiger partial charge in [0.25, 0.3) is 0 Å². The highest BCUT2D eigenvalue weighted by Crippen LogP contribution is 2.18. The fraction of sp³-hybridized carbons (Fsp3) is 0.130. The molecule has 0 bridgehead atoms. The molecule has 2 aromatic carbocycles. The molecule has 1 saturated heterocycles. The van der Waals surface area contributed by atoms with E-state index in [9.17, 15) is 9.18 Å². The third kappa shape index (κ3) is 6.08. The maximum absolute atomic E-state index is 13.0. The molecule has 1 aromatic heterocycles. The number of aromatic nitrogens is 1. The van der Waals surface area contributed by atoms with E-state index in [-0.39, 0.29) is 6.04 Å². The summed E-state index contributed by atoms with van der Waals surface area (Å²) in [5.41, 5.74) is 2.21. The largest absolute Gasteiger partial charge is 0.497 e. The lowest BCUT2D eigenvalue weighted by molar-refractivity contribution is 0.177. The number of nitrogens with zero attached hydrogens (tertiary/aromatic N) is 1. The number of ether oxygens (including phenoxy) is 2. The molecule has 1 aliphatic heterocycles. The van der Waals surface area contributed by atoms with Crippen molar-refractivity contribution in [2.24, 2.45) is 0 Å². The quantitative estimate of drug-likeness (QED) is 0.670. The van der Waals surface area contributed by atoms with E-state index < -0.39 is 11.9 Å². The van der Waals surface area contributed by atoms with Gasteiger partial charge in [-0.05, 0) is 35.9 Å². The second kappa shape index (κ2) is 9.90. The molecule has 0 spiro atoms. The summed E-state index contributed by atoms with van der Waals surface area (Å²) in [6.45, 7) is 0.309. The predicted molar refractivity (Wildman–Crippen MR) is 107 cm³/mol. The summed E-state index contributed by atoms with van der Waals surface area (Å²) in [6.07, 6.45) is 2.22. The molecule has 1 amide bonds. The summed E-state index contributed by atoms with van der Waals surface area (Å²) in [6, 6.07) is 18.3. The van der Waals surface area contributed by atoms with Gasteiger partial charge in [-0.3, -0.25) is 4.98 Å². The van der Waals surface area contributed by atoms with Crippen LogP contribution in [-0.2, 0) is 4.74 Å². The Morgan fingerprint density at radius 3 is 2.52 bits per heavy atom. The average Bonchev–Trinajstić information content (AvgIpc) is 3.20. The number of carbonyl (C=O) groups is 1. The van der Waals surface area contributed by atoms with Gasteiger partial charge in [0, 0.05) is 17.3 Å². The first kappa shape index (κ1) is 19.9. The van der Waals surface area contributed by atoms with Crippen molar-refractivity contribution in [2.75, 3.05) is 13.7 Å². The maximum Gasteiger partial charge on any atom is 0.407 e. The average molecular weight is 390 g/mol. The molecule has 2 heterocycles. The molecule has 1 N–H and O–H groups in total. The third-order valence-corrected chi connectivity index (χ3v) is 4.00. The highest BCUT2D eigenvalue weighted by molar-refractivity contribution is 5.70. The van der Waals surface area contributed by atoms with Crippen LogP contribution in [0.4, 0.5) is 9.18 Å². The minimum Gasteiger partial charge on any atom is -0.497 e. The topological polar surface area (TPSA) is 60.5 Å². The molecular weight excluding hydrogens is 371 g/mol. The first-order valence-electron chi connectivity index (χ1n) is 8.89. The van der Waals surface area contributed by atoms with Gasteiger partial charge in [0.1, 0.15) is 18.2 Å². The molecule has 0 aliphatic carbocycles. The van der Waals surface area contributed by atoms with Gasteiger partial charge in [-0.25, -0.2) is 9.18 Å². The van der Waals surface area contributed by atoms with Gasteiger partial charge in [-0.15, -0.1) is 0 Å². The summed E-state index contributed by atoms with van der Waals surface area (Å²) in [7, 11) is 1.66. The zero-order valence-corrected chi connectivity index (χ0v) is 15.8. The van der Waals surface area contributed by atoms with Gasteiger partial charge in [-0.2, -0.15) is 0 Å². The number of rotatable bonds is 2. The Kier molecular flexibility index (Phi) is 6.80. The van der Waals surface area contributed by atoms with Crippen LogP contribution < -0.4 is 10.1 Å². The highest BCUT2D eigenvalue weighted by atomic mass is 19.1. The van der Waals surface area contributed by atoms with Gasteiger partial charge < -0.3 is 14.8 Å². The molecule has 0 unspecified atom stereocenters. The Morgan fingerprint density at radius 1 is 1.07 bits per heavy atom. The number of benzene rings is 2. The number of pyridine rings is 1. The second-order valence-corrected chi connectivity index (χ2v) is 6.08. The van der Waals surface area contributed by atoms with Crippen molar-refractivity contribution in [2.45, 2.75) is 6.04 Å². The van der Waals surface area contributed by atoms with Crippen molar-refractivity contribution >= 4 is 6.09 Å². The molecule has 0 radical (unpaired) electrons. The lowest BCUT2D eigenvalue weighted by atomic mass is 10.0. The molecule has 1 atom stereocenters. The summed E-state index contributed by atoms with van der Waals surface area (Å²) in [5, 5.41) is 2.71. The van der Waals surface area contributed by atoms with Crippen molar-refractivity contribution in [1.82, 2.24) is 10.3 Å². The van der Waals surface area contributed by atoms with Crippen LogP contribution in [0.25, 0.3) is 0 Å². The summed E-state index contributed by atoms with van der Waals surface area (Å²) in [4.78, 5) is 14.8. The van der Waals surface area contributed by atoms with Crippen LogP contribution in [-0.4, -0.2) is 24.8 Å². The Balaban J connectivity index is 0.000000252. The number of nitrogens with one attached hydrogen (secondary N) is 1. The second-order valence-electron chi connectivity index (χ2n) is 6.08. The van der Waals surface area contributed by atoms with Crippen LogP contribution in [0.3, 0.4) is 0 Å². The molecule has 6 heteroatoms. The Hall–Kier alpha value is -3.85. The number of amides is 1. The zero-order chi connectivity index (χ0) is 20.5. The van der Waals surface area contributed by atoms with E-state index >= 15 is 0 Å². The van der Waals surface area contributed by atoms with Crippen molar-refractivity contribution in [3.63, 3.8) is 0 Å². The monoisotopic (exact) mass is 390 g/mol. The molecular formula is C23H19FN2O3. The van der Waals surface area contributed by atoms with Crippen LogP contribution in [0.5, 0.6) is 5.75 Å². The normalized spacial score (nSPS) is 14.4. The molecule has 1 fully saturated rings. The fourth-order valence-corrected chi connectivity index (χ4v) is 2.58. The van der Waals surface area contributed by atoms with Crippen LogP contribution in [0.15, 0.2) is 73.1 Å². The molecule has 0 saturated carbocycles. The molecule has 29 heavy (non-hydrogen) atoms. The van der Waals surface area contributed by atoms with Gasteiger partial charge >= 0.3 is 6.09 Å². The fourth-order valence-electron chi connectivity index (χ4n) is 2.58. The standard InChI is InChI=1S/C16H11FN2O2.C7H8O/c17-14-7-12(8-18-9-14)5-4-11-2-1-3-13(6-11)15-10-21-16(20)19-15;1-8-7-5-3-2-4-6-7/h1-3,6-9,15H,10H2,(H,19,20);2-6H,1H3/t15-;/m0./s1. The molecule has 146 valence electrons. The van der Waals surface area contributed by atoms with Gasteiger partial charge in [0.2, 0.25) is 0 Å². The Bertz CT molecular complexity index is 1030. The van der Waals surface area contributed by atoms with Crippen LogP contribution in [0, 0.1) is 17.7 Å². The highest BCUT2D eigenvalue weighted by Gasteiger charge is 2.23. The minimum atomic E-state index is -0.415. The van der Waals surface area contributed by atoms with E-state index in [1.165, 1.54) is 12.3 Å². The Labute approximate surface area is 168 Å². The van der Waals surface area contributed by atoms with Gasteiger partial charge in [0.15, 0.2) is 0 Å². The summed E-state index contributed by atoms with van der Waals surface area (Å²) >= 11 is 0. The first-order valence-corrected chi connectivity index (χ1v) is 8.89. The predicted octanol–water partition coefficient (Wildman–Crippen LogP) is 4.10. The number of halogens is 1. The molecule has 4 rings (SSSR count). The van der Waals surface area contributed by atoms with E-state index in [2.05, 4.69) is 22.1 Å². The lowest BCUT2D eigenvalue weighted by Gasteiger charge is -2.07. The van der Waals surface area contributed by atoms with E-state index in [0.717, 1.165) is 23.1 Å². The number of alkyl carbamates (subject to hydrolysis) is 1. The van der Waals surface area contributed by atoms with E-state index in [0.29, 0.717) is 12.2 Å². The SMILES string of the molecule is COc1ccccc1.O=C1N[C@H](c2cccc(C#Cc3cncc(F)c3)c2)CO1. The number of carbonyl (C=O) groups excluding carboxylic acids is 1. The lowest BCUT2D eigenvalue weighted by Crippen LogP contribution is -2.18. The zero-order valence-electron chi connectivity index (χ0n) is 15.8. The number of hydrogen-bond donors (Lipinski definition) is 1. The smallest absolute Gasteiger partial charge is 0.407 e. The first-order chi connectivity index (χ1) is 14.1. The van der Waals surface area contributed by atoms with E-state index in [1.54, 1.807) is 7.11 Å². The van der Waals surface area contributed by atoms with Gasteiger partial charge in [-0.1, -0.05) is 42.2 Å². The van der Waals surface area contributed by atoms with Crippen LogP contribution in [0.2, 0.25) is 0 Å². The van der Waals surface area contributed by atoms with E-state index in [1.807, 2.05) is 54.6 Å². The van der Waals surface area contributed by atoms with Crippen molar-refractivity contribution in [1.29, 1.82) is 0 Å². The summed E-state index contributed by atoms with van der Waals surface area (Å²) < 4.78 is 22.8. The molecule has 3 aromatic rings. The molecule has 5 nitrogen and oxygen atoms in total. The number of hydrogen-bond acceptors (Lipinski definition) is 4. The van der Waals surface area contributed by atoms with Crippen molar-refractivity contribution < 1.29 is 18.7 Å². The van der Waals surface area contributed by atoms with Crippen LogP contribution >= 0.6 is 0 Å². The number of cyclic esters (lactones) is 1. The van der Waals surface area contributed by atoms with E-state index in [4.69, 9.17) is 9.47 Å². The minimum absolute atomic E-state index is 0.157. The molecule has 1 aliphatic rings. The summed E-state index contributed by atoms with van der Waals surface area (Å²) in [5.74, 6) is 6.30. The van der Waals surface area contributed by atoms with Crippen molar-refractivity contribution in [3.05, 3.63) is 95.6 Å².